The van der Waals surface area contributed by atoms with Crippen LogP contribution < -0.4 is 10.2 Å². The number of ether oxygens (including phenoxy) is 1. The van der Waals surface area contributed by atoms with Crippen molar-refractivity contribution in [3.8, 4) is 0 Å². The first-order chi connectivity index (χ1) is 12.2. The van der Waals surface area contributed by atoms with Crippen molar-refractivity contribution in [1.29, 1.82) is 0 Å². The fourth-order valence-corrected chi connectivity index (χ4v) is 4.29. The topological polar surface area (TPSA) is 70.6 Å². The second kappa shape index (κ2) is 6.78. The maximum atomic E-state index is 12.6. The monoisotopic (exact) mass is 345 g/mol. The number of nitrogens with zero attached hydrogens (tertiary/aromatic N) is 4. The quantitative estimate of drug-likeness (QED) is 0.881. The van der Waals surface area contributed by atoms with Crippen molar-refractivity contribution in [3.63, 3.8) is 0 Å². The molecule has 2 amide bonds. The van der Waals surface area contributed by atoms with E-state index in [0.717, 1.165) is 63.4 Å². The van der Waals surface area contributed by atoms with E-state index in [9.17, 15) is 4.79 Å². The highest BCUT2D eigenvalue weighted by atomic mass is 16.5. The summed E-state index contributed by atoms with van der Waals surface area (Å²) in [5.41, 5.74) is 1.02. The molecule has 0 saturated carbocycles. The first-order valence-corrected chi connectivity index (χ1v) is 9.33. The van der Waals surface area contributed by atoms with Crippen LogP contribution in [0, 0.1) is 12.3 Å². The number of nitrogens with one attached hydrogen (secondary N) is 1. The Morgan fingerprint density at radius 2 is 2.04 bits per heavy atom. The number of aromatic nitrogens is 2. The molecule has 7 heteroatoms. The van der Waals surface area contributed by atoms with Crippen LogP contribution in [-0.2, 0) is 4.74 Å². The molecule has 1 aromatic rings. The molecule has 4 rings (SSSR count). The summed E-state index contributed by atoms with van der Waals surface area (Å²) in [7, 11) is 0. The van der Waals surface area contributed by atoms with Gasteiger partial charge in [-0.25, -0.2) is 14.8 Å². The van der Waals surface area contributed by atoms with Gasteiger partial charge < -0.3 is 19.9 Å². The van der Waals surface area contributed by atoms with E-state index in [4.69, 9.17) is 4.74 Å². The van der Waals surface area contributed by atoms with Gasteiger partial charge in [-0.15, -0.1) is 0 Å². The molecule has 3 aliphatic heterocycles. The third kappa shape index (κ3) is 3.29. The van der Waals surface area contributed by atoms with Crippen LogP contribution in [0.25, 0.3) is 0 Å². The first kappa shape index (κ1) is 16.6. The maximum absolute atomic E-state index is 12.6. The average Bonchev–Trinajstić information content (AvgIpc) is 3.29. The van der Waals surface area contributed by atoms with Crippen LogP contribution in [0.3, 0.4) is 0 Å². The number of carbonyl (C=O) groups excluding carboxylic acids is 1. The zero-order valence-electron chi connectivity index (χ0n) is 14.9. The second-order valence-electron chi connectivity index (χ2n) is 7.63. The molecular weight excluding hydrogens is 318 g/mol. The third-order valence-corrected chi connectivity index (χ3v) is 5.81. The molecule has 0 unspecified atom stereocenters. The Hall–Kier alpha value is -1.89. The first-order valence-electron chi connectivity index (χ1n) is 9.33. The maximum Gasteiger partial charge on any atom is 0.317 e. The number of rotatable bonds is 2. The molecule has 4 heterocycles. The number of anilines is 1. The Morgan fingerprint density at radius 1 is 1.28 bits per heavy atom. The molecule has 0 aromatic carbocycles. The highest BCUT2D eigenvalue weighted by molar-refractivity contribution is 5.75. The van der Waals surface area contributed by atoms with E-state index >= 15 is 0 Å². The van der Waals surface area contributed by atoms with Gasteiger partial charge in [0.25, 0.3) is 0 Å². The molecule has 2 atom stereocenters. The van der Waals surface area contributed by atoms with Crippen LogP contribution in [0.4, 0.5) is 10.7 Å². The lowest BCUT2D eigenvalue weighted by Crippen LogP contribution is -2.57. The molecule has 1 aromatic heterocycles. The van der Waals surface area contributed by atoms with Crippen molar-refractivity contribution in [2.75, 3.05) is 44.3 Å². The zero-order chi connectivity index (χ0) is 17.3. The molecule has 3 saturated heterocycles. The average molecular weight is 345 g/mol. The van der Waals surface area contributed by atoms with Crippen molar-refractivity contribution < 1.29 is 9.53 Å². The molecule has 1 spiro atoms. The lowest BCUT2D eigenvalue weighted by atomic mass is 9.77. The highest BCUT2D eigenvalue weighted by Gasteiger charge is 2.48. The van der Waals surface area contributed by atoms with E-state index in [1.807, 2.05) is 24.2 Å². The van der Waals surface area contributed by atoms with Crippen LogP contribution in [-0.4, -0.2) is 66.3 Å². The predicted octanol–water partition coefficient (Wildman–Crippen LogP) is 1.58. The van der Waals surface area contributed by atoms with Crippen LogP contribution in [0.15, 0.2) is 12.4 Å². The molecule has 1 N–H and O–H groups in total. The summed E-state index contributed by atoms with van der Waals surface area (Å²) in [6, 6.07) is 0.249. The van der Waals surface area contributed by atoms with Gasteiger partial charge in [-0.3, -0.25) is 0 Å². The standard InChI is InChI=1S/C18H27N5O2/c1-14-10-19-16(20-11-14)23-8-5-18(12-23)13-25-9-4-15(18)21-17(24)22-6-2-3-7-22/h10-11,15H,2-9,12-13H2,1H3,(H,21,24)/t15-,18-/m1/s1. The van der Waals surface area contributed by atoms with Crippen LogP contribution in [0.2, 0.25) is 0 Å². The van der Waals surface area contributed by atoms with E-state index in [1.165, 1.54) is 0 Å². The molecule has 25 heavy (non-hydrogen) atoms. The summed E-state index contributed by atoms with van der Waals surface area (Å²) in [5, 5.41) is 3.31. The summed E-state index contributed by atoms with van der Waals surface area (Å²) < 4.78 is 5.82. The summed E-state index contributed by atoms with van der Waals surface area (Å²) in [4.78, 5) is 25.7. The van der Waals surface area contributed by atoms with Crippen molar-refractivity contribution in [2.45, 2.75) is 38.6 Å². The smallest absolute Gasteiger partial charge is 0.317 e. The second-order valence-corrected chi connectivity index (χ2v) is 7.63. The number of carbonyl (C=O) groups is 1. The largest absolute Gasteiger partial charge is 0.381 e. The molecule has 0 bridgehead atoms. The fraction of sp³-hybridized carbons (Fsp3) is 0.722. The number of amides is 2. The number of hydrogen-bond donors (Lipinski definition) is 1. The van der Waals surface area contributed by atoms with Crippen LogP contribution >= 0.6 is 0 Å². The highest BCUT2D eigenvalue weighted by Crippen LogP contribution is 2.39. The summed E-state index contributed by atoms with van der Waals surface area (Å²) >= 11 is 0. The number of urea groups is 1. The number of aryl methyl sites for hydroxylation is 1. The van der Waals surface area contributed by atoms with Gasteiger partial charge in [0, 0.05) is 56.6 Å². The fourth-order valence-electron chi connectivity index (χ4n) is 4.29. The van der Waals surface area contributed by atoms with Gasteiger partial charge in [0.2, 0.25) is 5.95 Å². The van der Waals surface area contributed by atoms with Gasteiger partial charge in [0.15, 0.2) is 0 Å². The summed E-state index contributed by atoms with van der Waals surface area (Å²) in [6.45, 7) is 6.91. The molecule has 3 fully saturated rings. The van der Waals surface area contributed by atoms with E-state index in [2.05, 4.69) is 20.2 Å². The molecule has 7 nitrogen and oxygen atoms in total. The van der Waals surface area contributed by atoms with Gasteiger partial charge in [0.05, 0.1) is 6.61 Å². The third-order valence-electron chi connectivity index (χ3n) is 5.81. The predicted molar refractivity (Wildman–Crippen MR) is 94.6 cm³/mol. The Balaban J connectivity index is 1.46. The van der Waals surface area contributed by atoms with Gasteiger partial charge in [-0.2, -0.15) is 0 Å². The zero-order valence-corrected chi connectivity index (χ0v) is 14.9. The van der Waals surface area contributed by atoms with Crippen molar-refractivity contribution in [3.05, 3.63) is 18.0 Å². The molecule has 3 aliphatic rings. The van der Waals surface area contributed by atoms with Crippen molar-refractivity contribution >= 4 is 12.0 Å². The van der Waals surface area contributed by atoms with Crippen LogP contribution in [0.1, 0.15) is 31.2 Å². The Bertz CT molecular complexity index is 616. The number of hydrogen-bond acceptors (Lipinski definition) is 5. The lowest BCUT2D eigenvalue weighted by Gasteiger charge is -2.41. The minimum absolute atomic E-state index is 0.0398. The summed E-state index contributed by atoms with van der Waals surface area (Å²) in [6.07, 6.45) is 7.82. The van der Waals surface area contributed by atoms with Crippen molar-refractivity contribution in [2.24, 2.45) is 5.41 Å². The van der Waals surface area contributed by atoms with E-state index < -0.39 is 0 Å². The Morgan fingerprint density at radius 3 is 2.80 bits per heavy atom. The molecule has 0 radical (unpaired) electrons. The molecule has 0 aliphatic carbocycles. The lowest BCUT2D eigenvalue weighted by molar-refractivity contribution is -0.0190. The minimum Gasteiger partial charge on any atom is -0.381 e. The Kier molecular flexibility index (Phi) is 4.50. The van der Waals surface area contributed by atoms with Crippen molar-refractivity contribution in [1.82, 2.24) is 20.2 Å². The SMILES string of the molecule is Cc1cnc(N2CC[C@]3(COCC[C@H]3NC(=O)N3CCCC3)C2)nc1. The van der Waals surface area contributed by atoms with E-state index in [0.29, 0.717) is 13.2 Å². The Labute approximate surface area is 148 Å². The summed E-state index contributed by atoms with van der Waals surface area (Å²) in [5.74, 6) is 0.776. The van der Waals surface area contributed by atoms with Gasteiger partial charge in [0.1, 0.15) is 0 Å². The molecular formula is C18H27N5O2. The van der Waals surface area contributed by atoms with Gasteiger partial charge in [-0.1, -0.05) is 0 Å². The number of likely N-dealkylation sites (tertiary alicyclic amines) is 1. The van der Waals surface area contributed by atoms with Gasteiger partial charge in [-0.05, 0) is 38.2 Å². The van der Waals surface area contributed by atoms with E-state index in [-0.39, 0.29) is 17.5 Å². The van der Waals surface area contributed by atoms with E-state index in [1.54, 1.807) is 0 Å². The normalized spacial score (nSPS) is 29.4. The molecule has 136 valence electrons. The van der Waals surface area contributed by atoms with Crippen LogP contribution in [0.5, 0.6) is 0 Å². The minimum atomic E-state index is -0.0398. The van der Waals surface area contributed by atoms with Gasteiger partial charge >= 0.3 is 6.03 Å².